The van der Waals surface area contributed by atoms with Crippen LogP contribution in [0.25, 0.3) is 10.9 Å². The zero-order valence-electron chi connectivity index (χ0n) is 22.7. The predicted octanol–water partition coefficient (Wildman–Crippen LogP) is 4.14. The van der Waals surface area contributed by atoms with E-state index in [0.29, 0.717) is 26.0 Å². The number of fused-ring (bicyclic) bond motifs is 3. The van der Waals surface area contributed by atoms with E-state index in [2.05, 4.69) is 21.7 Å². The summed E-state index contributed by atoms with van der Waals surface area (Å²) in [6.45, 7) is 0.995. The fraction of sp³-hybridized carbons (Fsp3) is 0.312. The summed E-state index contributed by atoms with van der Waals surface area (Å²) in [5.41, 5.74) is 10.8. The number of carbonyl (C=O) groups is 2. The molecule has 0 radical (unpaired) electrons. The Labute approximate surface area is 234 Å². The Morgan fingerprint density at radius 3 is 2.62 bits per heavy atom. The number of aromatic nitrogens is 1. The van der Waals surface area contributed by atoms with Crippen LogP contribution in [-0.2, 0) is 27.4 Å². The van der Waals surface area contributed by atoms with Gasteiger partial charge in [0.1, 0.15) is 18.4 Å². The van der Waals surface area contributed by atoms with E-state index in [4.69, 9.17) is 15.2 Å². The van der Waals surface area contributed by atoms with Crippen LogP contribution in [0.5, 0.6) is 5.75 Å². The number of hydrogen-bond acceptors (Lipinski definition) is 6. The molecule has 8 heteroatoms. The molecule has 1 aliphatic rings. The first kappa shape index (κ1) is 27.4. The van der Waals surface area contributed by atoms with E-state index in [1.165, 1.54) is 7.11 Å². The molecule has 2 unspecified atom stereocenters. The summed E-state index contributed by atoms with van der Waals surface area (Å²) in [4.78, 5) is 29.6. The molecule has 2 heterocycles. The number of ether oxygens (including phenoxy) is 2. The number of para-hydroxylation sites is 1. The van der Waals surface area contributed by atoms with Crippen molar-refractivity contribution < 1.29 is 19.1 Å². The fourth-order valence-electron chi connectivity index (χ4n) is 5.35. The zero-order chi connectivity index (χ0) is 27.9. The number of amides is 1. The van der Waals surface area contributed by atoms with Crippen LogP contribution < -0.4 is 21.1 Å². The Morgan fingerprint density at radius 1 is 1.02 bits per heavy atom. The lowest BCUT2D eigenvalue weighted by molar-refractivity contribution is -0.145. The first-order valence-corrected chi connectivity index (χ1v) is 13.8. The van der Waals surface area contributed by atoms with E-state index in [1.54, 1.807) is 0 Å². The molecular weight excluding hydrogens is 504 g/mol. The molecule has 40 heavy (non-hydrogen) atoms. The molecule has 5 N–H and O–H groups in total. The fourth-order valence-corrected chi connectivity index (χ4v) is 5.35. The van der Waals surface area contributed by atoms with Crippen molar-refractivity contribution in [3.63, 3.8) is 0 Å². The molecule has 1 amide bonds. The molecule has 0 spiro atoms. The van der Waals surface area contributed by atoms with Crippen LogP contribution in [0.1, 0.15) is 47.7 Å². The lowest BCUT2D eigenvalue weighted by Gasteiger charge is -2.32. The van der Waals surface area contributed by atoms with Gasteiger partial charge in [0.2, 0.25) is 5.91 Å². The van der Waals surface area contributed by atoms with Crippen LogP contribution in [0, 0.1) is 0 Å². The van der Waals surface area contributed by atoms with Gasteiger partial charge in [-0.3, -0.25) is 10.1 Å². The Hall–Kier alpha value is -4.14. The molecule has 3 atom stereocenters. The lowest BCUT2D eigenvalue weighted by Crippen LogP contribution is -2.53. The molecule has 1 aliphatic heterocycles. The minimum absolute atomic E-state index is 0.236. The maximum absolute atomic E-state index is 13.6. The second-order valence-electron chi connectivity index (χ2n) is 10.1. The number of aromatic amines is 1. The van der Waals surface area contributed by atoms with Crippen LogP contribution >= 0.6 is 0 Å². The number of rotatable bonds is 11. The van der Waals surface area contributed by atoms with Gasteiger partial charge in [-0.1, -0.05) is 60.7 Å². The Balaban J connectivity index is 1.41. The van der Waals surface area contributed by atoms with Crippen LogP contribution in [-0.4, -0.2) is 42.6 Å². The average Bonchev–Trinajstić information content (AvgIpc) is 3.38. The number of unbranched alkanes of at least 4 members (excludes halogenated alkanes) is 1. The van der Waals surface area contributed by atoms with Gasteiger partial charge in [0.15, 0.2) is 0 Å². The Bertz CT molecular complexity index is 1450. The maximum atomic E-state index is 13.6. The maximum Gasteiger partial charge on any atom is 0.328 e. The van der Waals surface area contributed by atoms with Crippen molar-refractivity contribution >= 4 is 22.8 Å². The number of esters is 1. The van der Waals surface area contributed by atoms with Gasteiger partial charge in [-0.15, -0.1) is 0 Å². The molecule has 0 fully saturated rings. The molecule has 208 valence electrons. The minimum atomic E-state index is -0.719. The lowest BCUT2D eigenvalue weighted by atomic mass is 9.89. The van der Waals surface area contributed by atoms with Gasteiger partial charge in [0.05, 0.1) is 19.2 Å². The number of nitrogens with one attached hydrogen (secondary N) is 3. The van der Waals surface area contributed by atoms with Gasteiger partial charge in [0, 0.05) is 16.6 Å². The van der Waals surface area contributed by atoms with E-state index >= 15 is 0 Å². The molecule has 0 aliphatic carbocycles. The van der Waals surface area contributed by atoms with Gasteiger partial charge in [-0.2, -0.15) is 0 Å². The van der Waals surface area contributed by atoms with E-state index in [9.17, 15) is 9.59 Å². The highest BCUT2D eigenvalue weighted by Crippen LogP contribution is 2.36. The van der Waals surface area contributed by atoms with E-state index in [0.717, 1.165) is 51.9 Å². The second-order valence-corrected chi connectivity index (χ2v) is 10.1. The molecular formula is C32H36N4O4. The first-order valence-electron chi connectivity index (χ1n) is 13.8. The number of benzene rings is 3. The van der Waals surface area contributed by atoms with E-state index in [-0.39, 0.29) is 11.9 Å². The number of hydrogen-bond donors (Lipinski definition) is 4. The molecule has 1 aromatic heterocycles. The van der Waals surface area contributed by atoms with E-state index < -0.39 is 18.1 Å². The summed E-state index contributed by atoms with van der Waals surface area (Å²) < 4.78 is 11.1. The Kier molecular flexibility index (Phi) is 8.78. The van der Waals surface area contributed by atoms with Gasteiger partial charge >= 0.3 is 5.97 Å². The van der Waals surface area contributed by atoms with Crippen molar-refractivity contribution in [3.05, 3.63) is 101 Å². The summed E-state index contributed by atoms with van der Waals surface area (Å²) in [7, 11) is 1.34. The molecule has 0 saturated heterocycles. The standard InChI is InChI=1S/C32H36N4O4/c1-39-32(38)27(16-7-8-17-33)36-31(37)28-19-25-24-14-5-6-15-26(24)34-30(25)29(35-28)22-12-9-13-23(18-22)40-20-21-10-3-2-4-11-21/h2-6,9-15,18,27-29,34-35H,7-8,16-17,19-20,33H2,1H3,(H,36,37)/t27?,28?,29-/m0/s1. The summed E-state index contributed by atoms with van der Waals surface area (Å²) in [6.07, 6.45) is 2.46. The summed E-state index contributed by atoms with van der Waals surface area (Å²) in [5.74, 6) is 0.0624. The third kappa shape index (κ3) is 6.19. The second kappa shape index (κ2) is 12.8. The van der Waals surface area contributed by atoms with Crippen molar-refractivity contribution in [2.45, 2.75) is 50.4 Å². The zero-order valence-corrected chi connectivity index (χ0v) is 22.7. The van der Waals surface area contributed by atoms with Crippen molar-refractivity contribution in [1.82, 2.24) is 15.6 Å². The van der Waals surface area contributed by atoms with Crippen molar-refractivity contribution in [2.75, 3.05) is 13.7 Å². The van der Waals surface area contributed by atoms with Crippen LogP contribution in [0.15, 0.2) is 78.9 Å². The monoisotopic (exact) mass is 540 g/mol. The molecule has 0 bridgehead atoms. The quantitative estimate of drug-likeness (QED) is 0.168. The summed E-state index contributed by atoms with van der Waals surface area (Å²) >= 11 is 0. The van der Waals surface area contributed by atoms with Gasteiger partial charge in [0.25, 0.3) is 0 Å². The molecule has 8 nitrogen and oxygen atoms in total. The van der Waals surface area contributed by atoms with Crippen LogP contribution in [0.2, 0.25) is 0 Å². The number of carbonyl (C=O) groups excluding carboxylic acids is 2. The topological polar surface area (TPSA) is 118 Å². The number of nitrogens with two attached hydrogens (primary N) is 1. The predicted molar refractivity (Wildman–Crippen MR) is 155 cm³/mol. The first-order chi connectivity index (χ1) is 19.6. The molecule has 4 aromatic rings. The summed E-state index contributed by atoms with van der Waals surface area (Å²) in [5, 5.41) is 7.57. The highest BCUT2D eigenvalue weighted by Gasteiger charge is 2.35. The highest BCUT2D eigenvalue weighted by molar-refractivity contribution is 5.90. The minimum Gasteiger partial charge on any atom is -0.489 e. The largest absolute Gasteiger partial charge is 0.489 e. The molecule has 3 aromatic carbocycles. The summed E-state index contributed by atoms with van der Waals surface area (Å²) in [6, 6.07) is 24.6. The number of H-pyrrole nitrogens is 1. The smallest absolute Gasteiger partial charge is 0.328 e. The molecule has 0 saturated carbocycles. The van der Waals surface area contributed by atoms with Crippen molar-refractivity contribution in [1.29, 1.82) is 0 Å². The van der Waals surface area contributed by atoms with Crippen molar-refractivity contribution in [3.8, 4) is 5.75 Å². The SMILES string of the molecule is COC(=O)C(CCCCN)NC(=O)C1Cc2c([nH]c3ccccc23)[C@H](c2cccc(OCc3ccccc3)c2)N1. The Morgan fingerprint density at radius 2 is 1.82 bits per heavy atom. The molecule has 5 rings (SSSR count). The highest BCUT2D eigenvalue weighted by atomic mass is 16.5. The van der Waals surface area contributed by atoms with Gasteiger partial charge in [-0.25, -0.2) is 4.79 Å². The van der Waals surface area contributed by atoms with Gasteiger partial charge in [-0.05, 0) is 67.1 Å². The van der Waals surface area contributed by atoms with Gasteiger partial charge < -0.3 is 25.5 Å². The van der Waals surface area contributed by atoms with Crippen LogP contribution in [0.4, 0.5) is 0 Å². The average molecular weight is 541 g/mol. The van der Waals surface area contributed by atoms with Crippen molar-refractivity contribution in [2.24, 2.45) is 5.73 Å². The third-order valence-corrected chi connectivity index (χ3v) is 7.42. The number of methoxy groups -OCH3 is 1. The van der Waals surface area contributed by atoms with Crippen LogP contribution in [0.3, 0.4) is 0 Å². The van der Waals surface area contributed by atoms with E-state index in [1.807, 2.05) is 72.8 Å². The third-order valence-electron chi connectivity index (χ3n) is 7.42. The normalized spacial score (nSPS) is 17.1.